The van der Waals surface area contributed by atoms with Crippen LogP contribution < -0.4 is 5.73 Å². The second-order valence-electron chi connectivity index (χ2n) is 5.66. The van der Waals surface area contributed by atoms with Crippen molar-refractivity contribution in [1.29, 1.82) is 0 Å². The number of alkyl halides is 3. The second kappa shape index (κ2) is 5.94. The van der Waals surface area contributed by atoms with E-state index < -0.39 is 27.2 Å². The Hall–Kier alpha value is -1.12. The van der Waals surface area contributed by atoms with E-state index in [0.717, 1.165) is 22.5 Å². The molecule has 120 valence electrons. The molecule has 0 saturated carbocycles. The standard InChI is InChI=1S/C13H19F3N2O2S/c1-12(2,8-17)9-18(3)21(19,20)11-6-4-5-10(7-11)13(14,15)16/h4-7H,8-9,17H2,1-3H3. The van der Waals surface area contributed by atoms with Gasteiger partial charge < -0.3 is 5.73 Å². The third-order valence-corrected chi connectivity index (χ3v) is 4.87. The van der Waals surface area contributed by atoms with Gasteiger partial charge in [-0.1, -0.05) is 19.9 Å². The van der Waals surface area contributed by atoms with Gasteiger partial charge in [-0.15, -0.1) is 0 Å². The Morgan fingerprint density at radius 1 is 1.24 bits per heavy atom. The summed E-state index contributed by atoms with van der Waals surface area (Å²) in [6.45, 7) is 3.94. The predicted octanol–water partition coefficient (Wildman–Crippen LogP) is 2.31. The molecule has 0 amide bonds. The first-order valence-corrected chi connectivity index (χ1v) is 7.68. The highest BCUT2D eigenvalue weighted by Gasteiger charge is 2.33. The zero-order valence-corrected chi connectivity index (χ0v) is 12.9. The van der Waals surface area contributed by atoms with Gasteiger partial charge in [-0.25, -0.2) is 12.7 Å². The summed E-state index contributed by atoms with van der Waals surface area (Å²) in [5.41, 5.74) is 4.09. The fourth-order valence-corrected chi connectivity index (χ4v) is 3.17. The molecule has 0 aliphatic carbocycles. The summed E-state index contributed by atoms with van der Waals surface area (Å²) in [7, 11) is -2.66. The lowest BCUT2D eigenvalue weighted by atomic mass is 9.94. The van der Waals surface area contributed by atoms with Gasteiger partial charge in [-0.05, 0) is 30.2 Å². The summed E-state index contributed by atoms with van der Waals surface area (Å²) in [5.74, 6) is 0. The number of rotatable bonds is 5. The summed E-state index contributed by atoms with van der Waals surface area (Å²) in [5, 5.41) is 0. The van der Waals surface area contributed by atoms with Crippen molar-refractivity contribution in [2.45, 2.75) is 24.9 Å². The van der Waals surface area contributed by atoms with Crippen LogP contribution in [0.3, 0.4) is 0 Å². The van der Waals surface area contributed by atoms with Crippen molar-refractivity contribution in [2.24, 2.45) is 11.1 Å². The van der Waals surface area contributed by atoms with Crippen LogP contribution in [0, 0.1) is 5.41 Å². The Morgan fingerprint density at radius 2 is 1.81 bits per heavy atom. The molecule has 0 atom stereocenters. The van der Waals surface area contributed by atoms with Crippen LogP contribution in [0.2, 0.25) is 0 Å². The van der Waals surface area contributed by atoms with Gasteiger partial charge in [0.25, 0.3) is 0 Å². The molecule has 0 unspecified atom stereocenters. The fraction of sp³-hybridized carbons (Fsp3) is 0.538. The van der Waals surface area contributed by atoms with E-state index in [1.807, 2.05) is 0 Å². The fourth-order valence-electron chi connectivity index (χ4n) is 1.77. The molecule has 0 saturated heterocycles. The minimum absolute atomic E-state index is 0.113. The van der Waals surface area contributed by atoms with Crippen LogP contribution in [0.25, 0.3) is 0 Å². The Kier molecular flexibility index (Phi) is 5.07. The number of benzene rings is 1. The molecule has 2 N–H and O–H groups in total. The minimum Gasteiger partial charge on any atom is -0.330 e. The summed E-state index contributed by atoms with van der Waals surface area (Å²) < 4.78 is 63.6. The lowest BCUT2D eigenvalue weighted by Gasteiger charge is -2.28. The molecule has 0 radical (unpaired) electrons. The Labute approximate surface area is 122 Å². The highest BCUT2D eigenvalue weighted by molar-refractivity contribution is 7.89. The first-order chi connectivity index (χ1) is 9.40. The second-order valence-corrected chi connectivity index (χ2v) is 7.70. The van der Waals surface area contributed by atoms with Gasteiger partial charge in [-0.3, -0.25) is 0 Å². The number of halogens is 3. The van der Waals surface area contributed by atoms with Gasteiger partial charge in [0.05, 0.1) is 10.5 Å². The lowest BCUT2D eigenvalue weighted by molar-refractivity contribution is -0.137. The number of sulfonamides is 1. The number of hydrogen-bond acceptors (Lipinski definition) is 3. The maximum Gasteiger partial charge on any atom is 0.416 e. The van der Waals surface area contributed by atoms with Crippen molar-refractivity contribution < 1.29 is 21.6 Å². The maximum absolute atomic E-state index is 12.7. The largest absolute Gasteiger partial charge is 0.416 e. The average molecular weight is 324 g/mol. The molecule has 0 bridgehead atoms. The molecule has 0 heterocycles. The number of nitrogens with two attached hydrogens (primary N) is 1. The van der Waals surface area contributed by atoms with Crippen LogP contribution in [0.5, 0.6) is 0 Å². The molecule has 0 aliphatic heterocycles. The molecular formula is C13H19F3N2O2S. The molecule has 8 heteroatoms. The predicted molar refractivity (Wildman–Crippen MR) is 74.1 cm³/mol. The molecule has 1 aromatic rings. The van der Waals surface area contributed by atoms with Crippen LogP contribution in [0.15, 0.2) is 29.2 Å². The first-order valence-electron chi connectivity index (χ1n) is 6.24. The van der Waals surface area contributed by atoms with Gasteiger partial charge in [0.1, 0.15) is 0 Å². The van der Waals surface area contributed by atoms with E-state index in [0.29, 0.717) is 6.07 Å². The molecule has 0 spiro atoms. The Morgan fingerprint density at radius 3 is 2.29 bits per heavy atom. The molecule has 4 nitrogen and oxygen atoms in total. The van der Waals surface area contributed by atoms with Gasteiger partial charge in [0.2, 0.25) is 10.0 Å². The van der Waals surface area contributed by atoms with Crippen LogP contribution in [-0.2, 0) is 16.2 Å². The Bertz CT molecular complexity index is 598. The van der Waals surface area contributed by atoms with E-state index in [4.69, 9.17) is 5.73 Å². The first kappa shape index (κ1) is 17.9. The normalized spacial score (nSPS) is 13.7. The highest BCUT2D eigenvalue weighted by atomic mass is 32.2. The van der Waals surface area contributed by atoms with Crippen LogP contribution >= 0.6 is 0 Å². The van der Waals surface area contributed by atoms with Crippen molar-refractivity contribution in [3.05, 3.63) is 29.8 Å². The van der Waals surface area contributed by atoms with E-state index in [9.17, 15) is 21.6 Å². The smallest absolute Gasteiger partial charge is 0.330 e. The zero-order chi connectivity index (χ0) is 16.5. The molecular weight excluding hydrogens is 305 g/mol. The number of nitrogens with zero attached hydrogens (tertiary/aromatic N) is 1. The van der Waals surface area contributed by atoms with E-state index in [2.05, 4.69) is 0 Å². The van der Waals surface area contributed by atoms with Crippen molar-refractivity contribution in [3.8, 4) is 0 Å². The van der Waals surface area contributed by atoms with Gasteiger partial charge in [0, 0.05) is 13.6 Å². The van der Waals surface area contributed by atoms with E-state index >= 15 is 0 Å². The third-order valence-electron chi connectivity index (χ3n) is 3.07. The number of hydrogen-bond donors (Lipinski definition) is 1. The van der Waals surface area contributed by atoms with Crippen molar-refractivity contribution in [2.75, 3.05) is 20.1 Å². The van der Waals surface area contributed by atoms with Gasteiger partial charge in [0.15, 0.2) is 0 Å². The molecule has 21 heavy (non-hydrogen) atoms. The maximum atomic E-state index is 12.7. The highest BCUT2D eigenvalue weighted by Crippen LogP contribution is 2.31. The molecule has 1 aromatic carbocycles. The van der Waals surface area contributed by atoms with Crippen LogP contribution in [0.4, 0.5) is 13.2 Å². The van der Waals surface area contributed by atoms with Gasteiger partial charge in [-0.2, -0.15) is 13.2 Å². The van der Waals surface area contributed by atoms with Crippen molar-refractivity contribution in [1.82, 2.24) is 4.31 Å². The SMILES string of the molecule is CN(CC(C)(C)CN)S(=O)(=O)c1cccc(C(F)(F)F)c1. The van der Waals surface area contributed by atoms with E-state index in [1.54, 1.807) is 13.8 Å². The zero-order valence-electron chi connectivity index (χ0n) is 12.1. The summed E-state index contributed by atoms with van der Waals surface area (Å²) in [4.78, 5) is -0.382. The van der Waals surface area contributed by atoms with Crippen LogP contribution in [0.1, 0.15) is 19.4 Å². The third kappa shape index (κ3) is 4.42. The summed E-state index contributed by atoms with van der Waals surface area (Å²) in [6, 6.07) is 3.71. The van der Waals surface area contributed by atoms with E-state index in [-0.39, 0.29) is 18.0 Å². The van der Waals surface area contributed by atoms with Crippen molar-refractivity contribution >= 4 is 10.0 Å². The summed E-state index contributed by atoms with van der Waals surface area (Å²) >= 11 is 0. The summed E-state index contributed by atoms with van der Waals surface area (Å²) in [6.07, 6.45) is -4.58. The molecule has 0 fully saturated rings. The lowest BCUT2D eigenvalue weighted by Crippen LogP contribution is -2.39. The minimum atomic E-state index is -4.58. The molecule has 1 rings (SSSR count). The quantitative estimate of drug-likeness (QED) is 0.904. The van der Waals surface area contributed by atoms with Crippen LogP contribution in [-0.4, -0.2) is 32.9 Å². The topological polar surface area (TPSA) is 63.4 Å². The molecule has 0 aliphatic rings. The van der Waals surface area contributed by atoms with Gasteiger partial charge >= 0.3 is 6.18 Å². The monoisotopic (exact) mass is 324 g/mol. The average Bonchev–Trinajstić information content (AvgIpc) is 2.37. The van der Waals surface area contributed by atoms with Crippen molar-refractivity contribution in [3.63, 3.8) is 0 Å². The Balaban J connectivity index is 3.14. The molecule has 0 aromatic heterocycles. The van der Waals surface area contributed by atoms with E-state index in [1.165, 1.54) is 7.05 Å².